The summed E-state index contributed by atoms with van der Waals surface area (Å²) in [5.41, 5.74) is 0.605. The lowest BCUT2D eigenvalue weighted by Crippen LogP contribution is -2.36. The number of aromatic nitrogens is 3. The van der Waals surface area contributed by atoms with Gasteiger partial charge in [0.25, 0.3) is 0 Å². The van der Waals surface area contributed by atoms with Crippen LogP contribution in [-0.2, 0) is 14.8 Å². The summed E-state index contributed by atoms with van der Waals surface area (Å²) >= 11 is 0. The van der Waals surface area contributed by atoms with Gasteiger partial charge in [-0.25, -0.2) is 22.2 Å². The number of hydrogen-bond acceptors (Lipinski definition) is 6. The molecule has 0 saturated heterocycles. The number of sulfonamides is 1. The molecule has 1 heterocycles. The van der Waals surface area contributed by atoms with Gasteiger partial charge >= 0.3 is 5.97 Å². The first-order chi connectivity index (χ1) is 12.3. The van der Waals surface area contributed by atoms with Crippen LogP contribution in [0.15, 0.2) is 30.5 Å². The number of amides is 1. The monoisotopic (exact) mass is 381 g/mol. The van der Waals surface area contributed by atoms with Crippen molar-refractivity contribution >= 4 is 27.6 Å². The van der Waals surface area contributed by atoms with Crippen molar-refractivity contribution < 1.29 is 23.1 Å². The fraction of sp³-hybridized carbons (Fsp3) is 0.333. The van der Waals surface area contributed by atoms with E-state index in [1.54, 1.807) is 32.0 Å². The van der Waals surface area contributed by atoms with Gasteiger partial charge in [-0.2, -0.15) is 0 Å². The third-order valence-corrected chi connectivity index (χ3v) is 5.45. The second-order valence-corrected chi connectivity index (χ2v) is 7.26. The number of carbonyl (C=O) groups is 2. The highest BCUT2D eigenvalue weighted by Gasteiger charge is 2.22. The summed E-state index contributed by atoms with van der Waals surface area (Å²) in [5.74, 6) is -2.54. The second-order valence-electron chi connectivity index (χ2n) is 5.29. The zero-order valence-corrected chi connectivity index (χ0v) is 15.1. The quantitative estimate of drug-likeness (QED) is 0.683. The number of carboxylic acid groups (broad SMARTS) is 1. The molecule has 2 aromatic rings. The molecule has 0 atom stereocenters. The summed E-state index contributed by atoms with van der Waals surface area (Å²) in [6.07, 6.45) is 1.23. The van der Waals surface area contributed by atoms with E-state index >= 15 is 0 Å². The van der Waals surface area contributed by atoms with E-state index in [-0.39, 0.29) is 5.69 Å². The third-order valence-electron chi connectivity index (χ3n) is 3.52. The normalized spacial score (nSPS) is 11.5. The molecule has 1 aromatic heterocycles. The Labute approximate surface area is 150 Å². The largest absolute Gasteiger partial charge is 0.476 e. The number of carbonyl (C=O) groups excluding carboxylic acids is 1. The van der Waals surface area contributed by atoms with E-state index in [1.165, 1.54) is 21.3 Å². The summed E-state index contributed by atoms with van der Waals surface area (Å²) < 4.78 is 26.7. The summed E-state index contributed by atoms with van der Waals surface area (Å²) in [6, 6.07) is 6.37. The molecular weight excluding hydrogens is 362 g/mol. The standard InChI is InChI=1S/C15H19N5O5S/c1-3-19(4-2)26(24,25)10-14(21)16-11-6-5-7-12(8-11)20-9-13(15(22)23)17-18-20/h5-9H,3-4,10H2,1-2H3,(H,16,21)(H,22,23). The lowest BCUT2D eigenvalue weighted by atomic mass is 10.2. The van der Waals surface area contributed by atoms with Gasteiger partial charge in [-0.3, -0.25) is 4.79 Å². The maximum atomic E-state index is 12.1. The lowest BCUT2D eigenvalue weighted by Gasteiger charge is -2.18. The number of nitrogens with zero attached hydrogens (tertiary/aromatic N) is 4. The van der Waals surface area contributed by atoms with Gasteiger partial charge in [-0.05, 0) is 18.2 Å². The second kappa shape index (κ2) is 8.06. The Kier molecular flexibility index (Phi) is 6.05. The molecule has 1 amide bonds. The smallest absolute Gasteiger partial charge is 0.358 e. The Balaban J connectivity index is 2.13. The predicted molar refractivity (Wildman–Crippen MR) is 93.7 cm³/mol. The van der Waals surface area contributed by atoms with Crippen LogP contribution in [0.2, 0.25) is 0 Å². The van der Waals surface area contributed by atoms with Crippen molar-refractivity contribution in [1.82, 2.24) is 19.3 Å². The van der Waals surface area contributed by atoms with Crippen LogP contribution < -0.4 is 5.32 Å². The summed E-state index contributed by atoms with van der Waals surface area (Å²) in [5, 5.41) is 18.6. The molecule has 26 heavy (non-hydrogen) atoms. The zero-order valence-electron chi connectivity index (χ0n) is 14.3. The van der Waals surface area contributed by atoms with Crippen molar-refractivity contribution in [3.05, 3.63) is 36.2 Å². The van der Waals surface area contributed by atoms with Crippen molar-refractivity contribution in [2.75, 3.05) is 24.2 Å². The van der Waals surface area contributed by atoms with E-state index in [4.69, 9.17) is 5.11 Å². The Bertz CT molecular complexity index is 905. The molecule has 0 aliphatic heterocycles. The van der Waals surface area contributed by atoms with Crippen LogP contribution in [0.1, 0.15) is 24.3 Å². The number of nitrogens with one attached hydrogen (secondary N) is 1. The molecule has 0 spiro atoms. The molecule has 10 nitrogen and oxygen atoms in total. The third kappa shape index (κ3) is 4.64. The minimum atomic E-state index is -3.68. The van der Waals surface area contributed by atoms with Gasteiger partial charge in [0, 0.05) is 18.8 Å². The van der Waals surface area contributed by atoms with Gasteiger partial charge in [0.05, 0.1) is 11.9 Å². The van der Waals surface area contributed by atoms with Gasteiger partial charge in [0.1, 0.15) is 5.75 Å². The molecule has 2 rings (SSSR count). The van der Waals surface area contributed by atoms with Crippen LogP contribution in [0.3, 0.4) is 0 Å². The molecule has 11 heteroatoms. The first-order valence-corrected chi connectivity index (χ1v) is 9.41. The number of hydrogen-bond donors (Lipinski definition) is 2. The Hall–Kier alpha value is -2.79. The molecule has 140 valence electrons. The maximum Gasteiger partial charge on any atom is 0.358 e. The molecule has 0 fully saturated rings. The van der Waals surface area contributed by atoms with Gasteiger partial charge in [-0.1, -0.05) is 25.1 Å². The molecular formula is C15H19N5O5S. The number of benzene rings is 1. The van der Waals surface area contributed by atoms with E-state index in [1.807, 2.05) is 0 Å². The molecule has 0 bridgehead atoms. The summed E-state index contributed by atoms with van der Waals surface area (Å²) in [7, 11) is -3.68. The van der Waals surface area contributed by atoms with Crippen molar-refractivity contribution in [3.8, 4) is 5.69 Å². The van der Waals surface area contributed by atoms with Crippen molar-refractivity contribution in [2.45, 2.75) is 13.8 Å². The van der Waals surface area contributed by atoms with E-state index in [9.17, 15) is 18.0 Å². The van der Waals surface area contributed by atoms with Gasteiger partial charge in [0.15, 0.2) is 5.69 Å². The van der Waals surface area contributed by atoms with Crippen LogP contribution in [0.5, 0.6) is 0 Å². The molecule has 1 aromatic carbocycles. The number of anilines is 1. The van der Waals surface area contributed by atoms with E-state index in [0.717, 1.165) is 0 Å². The summed E-state index contributed by atoms with van der Waals surface area (Å²) in [6.45, 7) is 3.98. The lowest BCUT2D eigenvalue weighted by molar-refractivity contribution is -0.113. The number of aromatic carboxylic acids is 1. The molecule has 0 aliphatic rings. The van der Waals surface area contributed by atoms with Crippen LogP contribution >= 0.6 is 0 Å². The first-order valence-electron chi connectivity index (χ1n) is 7.80. The molecule has 2 N–H and O–H groups in total. The number of rotatable bonds is 8. The average molecular weight is 381 g/mol. The van der Waals surface area contributed by atoms with Crippen molar-refractivity contribution in [1.29, 1.82) is 0 Å². The van der Waals surface area contributed by atoms with E-state index in [0.29, 0.717) is 24.5 Å². The van der Waals surface area contributed by atoms with E-state index in [2.05, 4.69) is 15.6 Å². The maximum absolute atomic E-state index is 12.1. The minimum Gasteiger partial charge on any atom is -0.476 e. The molecule has 0 saturated carbocycles. The zero-order chi connectivity index (χ0) is 19.3. The highest BCUT2D eigenvalue weighted by molar-refractivity contribution is 7.89. The van der Waals surface area contributed by atoms with Gasteiger partial charge in [-0.15, -0.1) is 5.10 Å². The summed E-state index contributed by atoms with van der Waals surface area (Å²) in [4.78, 5) is 22.9. The van der Waals surface area contributed by atoms with Gasteiger partial charge in [0.2, 0.25) is 15.9 Å². The van der Waals surface area contributed by atoms with Crippen LogP contribution in [0.4, 0.5) is 5.69 Å². The van der Waals surface area contributed by atoms with Crippen LogP contribution in [-0.4, -0.2) is 63.5 Å². The molecule has 0 unspecified atom stereocenters. The van der Waals surface area contributed by atoms with Gasteiger partial charge < -0.3 is 10.4 Å². The number of carboxylic acids is 1. The predicted octanol–water partition coefficient (Wildman–Crippen LogP) is 0.576. The highest BCUT2D eigenvalue weighted by Crippen LogP contribution is 2.14. The van der Waals surface area contributed by atoms with E-state index < -0.39 is 27.7 Å². The fourth-order valence-corrected chi connectivity index (χ4v) is 3.66. The van der Waals surface area contributed by atoms with Crippen LogP contribution in [0.25, 0.3) is 5.69 Å². The average Bonchev–Trinajstić information content (AvgIpc) is 3.05. The highest BCUT2D eigenvalue weighted by atomic mass is 32.2. The SMILES string of the molecule is CCN(CC)S(=O)(=O)CC(=O)Nc1cccc(-n2cc(C(=O)O)nn2)c1. The Morgan fingerprint density at radius 1 is 1.27 bits per heavy atom. The Morgan fingerprint density at radius 3 is 2.54 bits per heavy atom. The van der Waals surface area contributed by atoms with Crippen molar-refractivity contribution in [2.24, 2.45) is 0 Å². The molecule has 0 radical (unpaired) electrons. The minimum absolute atomic E-state index is 0.218. The fourth-order valence-electron chi connectivity index (χ4n) is 2.29. The Morgan fingerprint density at radius 2 is 1.96 bits per heavy atom. The topological polar surface area (TPSA) is 134 Å². The first kappa shape index (κ1) is 19.5. The van der Waals surface area contributed by atoms with Crippen LogP contribution in [0, 0.1) is 0 Å². The molecule has 0 aliphatic carbocycles. The van der Waals surface area contributed by atoms with Crippen molar-refractivity contribution in [3.63, 3.8) is 0 Å².